The first-order valence-electron chi connectivity index (χ1n) is 11.7. The zero-order chi connectivity index (χ0) is 26.9. The summed E-state index contributed by atoms with van der Waals surface area (Å²) in [7, 11) is 0. The molecule has 6 N–H and O–H groups in total. The highest BCUT2D eigenvalue weighted by molar-refractivity contribution is 7.97. The topological polar surface area (TPSA) is 132 Å². The highest BCUT2D eigenvalue weighted by Gasteiger charge is 2.18. The lowest BCUT2D eigenvalue weighted by molar-refractivity contribution is -0.127. The molecular weight excluding hydrogens is 530 g/mol. The molecule has 0 aliphatic carbocycles. The first-order chi connectivity index (χ1) is 17.7. The molecule has 0 saturated heterocycles. The number of rotatable bonds is 12. The first kappa shape index (κ1) is 28.7. The van der Waals surface area contributed by atoms with Crippen molar-refractivity contribution in [3.8, 4) is 10.4 Å². The van der Waals surface area contributed by atoms with Gasteiger partial charge in [0.15, 0.2) is 0 Å². The van der Waals surface area contributed by atoms with E-state index in [0.29, 0.717) is 22.1 Å². The van der Waals surface area contributed by atoms with E-state index < -0.39 is 11.8 Å². The average molecular weight is 560 g/mol. The van der Waals surface area contributed by atoms with Gasteiger partial charge >= 0.3 is 0 Å². The van der Waals surface area contributed by atoms with Gasteiger partial charge in [-0.15, -0.1) is 11.3 Å². The molecule has 0 aliphatic rings. The lowest BCUT2D eigenvalue weighted by Crippen LogP contribution is -2.30. The third-order valence-electron chi connectivity index (χ3n) is 5.45. The number of nitrogens with two attached hydrogens (primary N) is 1. The van der Waals surface area contributed by atoms with Crippen LogP contribution in [-0.2, 0) is 9.59 Å². The molecule has 3 aromatic rings. The maximum absolute atomic E-state index is 12.6. The quantitative estimate of drug-likeness (QED) is 0.0930. The van der Waals surface area contributed by atoms with Gasteiger partial charge < -0.3 is 21.5 Å². The maximum atomic E-state index is 12.6. The Bertz CT molecular complexity index is 1250. The van der Waals surface area contributed by atoms with Crippen molar-refractivity contribution in [2.45, 2.75) is 31.2 Å². The monoisotopic (exact) mass is 559 g/mol. The molecule has 1 heterocycles. The van der Waals surface area contributed by atoms with Crippen LogP contribution >= 0.6 is 34.9 Å². The number of amidine groups is 1. The normalized spacial score (nSPS) is 11.8. The third kappa shape index (κ3) is 8.31. The van der Waals surface area contributed by atoms with E-state index in [1.807, 2.05) is 44.2 Å². The van der Waals surface area contributed by atoms with Crippen LogP contribution in [0, 0.1) is 5.41 Å². The van der Waals surface area contributed by atoms with Gasteiger partial charge in [0, 0.05) is 39.7 Å². The summed E-state index contributed by atoms with van der Waals surface area (Å²) in [5, 5.41) is 22.4. The van der Waals surface area contributed by atoms with Gasteiger partial charge in [-0.1, -0.05) is 24.6 Å². The Morgan fingerprint density at radius 3 is 2.49 bits per heavy atom. The highest BCUT2D eigenvalue weighted by Crippen LogP contribution is 2.39. The molecule has 0 spiro atoms. The van der Waals surface area contributed by atoms with E-state index in [1.165, 1.54) is 11.3 Å². The molecule has 0 radical (unpaired) electrons. The van der Waals surface area contributed by atoms with Crippen LogP contribution in [0.15, 0.2) is 59.5 Å². The van der Waals surface area contributed by atoms with Crippen molar-refractivity contribution < 1.29 is 14.7 Å². The number of aliphatic hydroxyl groups excluding tert-OH is 1. The Labute approximate surface area is 229 Å². The second-order valence-electron chi connectivity index (χ2n) is 8.20. The Kier molecular flexibility index (Phi) is 10.5. The summed E-state index contributed by atoms with van der Waals surface area (Å²) in [6, 6.07) is 16.0. The summed E-state index contributed by atoms with van der Waals surface area (Å²) in [6.45, 7) is 5.29. The molecule has 0 fully saturated rings. The third-order valence-corrected chi connectivity index (χ3v) is 7.97. The van der Waals surface area contributed by atoms with E-state index in [1.54, 1.807) is 36.2 Å². The number of nitrogens with one attached hydrogen (secondary N) is 3. The fraction of sp³-hybridized carbons (Fsp3) is 0.269. The number of carbonyl (C=O) groups is 2. The number of halogens is 1. The van der Waals surface area contributed by atoms with Crippen LogP contribution in [0.2, 0.25) is 4.34 Å². The summed E-state index contributed by atoms with van der Waals surface area (Å²) in [4.78, 5) is 27.0. The van der Waals surface area contributed by atoms with Crippen LogP contribution in [0.4, 0.5) is 5.69 Å². The van der Waals surface area contributed by atoms with Crippen molar-refractivity contribution in [2.75, 3.05) is 25.0 Å². The number of nitrogen functional groups attached to an aromatic ring is 1. The number of carbonyl (C=O) groups excluding carboxylic acids is 2. The van der Waals surface area contributed by atoms with Crippen LogP contribution in [0.5, 0.6) is 0 Å². The van der Waals surface area contributed by atoms with Gasteiger partial charge in [-0.25, -0.2) is 4.31 Å². The number of amides is 2. The van der Waals surface area contributed by atoms with E-state index in [9.17, 15) is 14.7 Å². The molecule has 8 nitrogen and oxygen atoms in total. The minimum absolute atomic E-state index is 0.0592. The summed E-state index contributed by atoms with van der Waals surface area (Å²) >= 11 is 9.25. The van der Waals surface area contributed by atoms with Crippen LogP contribution in [0.25, 0.3) is 10.4 Å². The number of benzene rings is 2. The first-order valence-corrected chi connectivity index (χ1v) is 13.6. The van der Waals surface area contributed by atoms with Gasteiger partial charge in [-0.05, 0) is 73.0 Å². The minimum Gasteiger partial charge on any atom is -0.395 e. The zero-order valence-electron chi connectivity index (χ0n) is 20.6. The predicted molar refractivity (Wildman–Crippen MR) is 152 cm³/mol. The fourth-order valence-electron chi connectivity index (χ4n) is 3.53. The molecule has 37 heavy (non-hydrogen) atoms. The molecule has 3 rings (SSSR count). The average Bonchev–Trinajstić information content (AvgIpc) is 3.29. The number of hydrogen-bond donors (Lipinski definition) is 5. The Balaban J connectivity index is 1.68. The molecule has 1 atom stereocenters. The van der Waals surface area contributed by atoms with E-state index in [-0.39, 0.29) is 24.9 Å². The number of thiophene rings is 1. The SMILES string of the molecule is CCN(CCO)Sc1ccc(C(C)NC(=O)CC(=O)Nc2ccc(C(=N)N)cc2)cc1-c1ccc(Cl)s1. The number of nitrogens with zero attached hydrogens (tertiary/aromatic N) is 1. The molecule has 1 unspecified atom stereocenters. The lowest BCUT2D eigenvalue weighted by atomic mass is 10.0. The van der Waals surface area contributed by atoms with Crippen LogP contribution in [0.1, 0.15) is 37.4 Å². The summed E-state index contributed by atoms with van der Waals surface area (Å²) in [6.07, 6.45) is -0.327. The van der Waals surface area contributed by atoms with Crippen molar-refractivity contribution in [2.24, 2.45) is 5.73 Å². The Hall–Kier alpha value is -2.89. The standard InChI is InChI=1S/C26H30ClN5O3S2/c1-3-32(12-13-33)37-22-9-6-18(14-20(22)21-10-11-23(27)36-21)16(2)30-24(34)15-25(35)31-19-7-4-17(5-8-19)26(28)29/h4-11,14,16,33H,3,12-13,15H2,1-2H3,(H3,28,29)(H,30,34)(H,31,35). The minimum atomic E-state index is -0.440. The number of hydrogen-bond acceptors (Lipinski definition) is 7. The summed E-state index contributed by atoms with van der Waals surface area (Å²) in [5.74, 6) is -0.898. The molecule has 1 aromatic heterocycles. The number of likely N-dealkylation sites (N-methyl/N-ethyl adjacent to an activating group) is 1. The van der Waals surface area contributed by atoms with Crippen LogP contribution in [0.3, 0.4) is 0 Å². The molecule has 2 amide bonds. The zero-order valence-corrected chi connectivity index (χ0v) is 23.0. The largest absolute Gasteiger partial charge is 0.395 e. The van der Waals surface area contributed by atoms with Crippen molar-refractivity contribution in [1.29, 1.82) is 5.41 Å². The molecule has 0 aliphatic heterocycles. The highest BCUT2D eigenvalue weighted by atomic mass is 35.5. The van der Waals surface area contributed by atoms with Crippen LogP contribution < -0.4 is 16.4 Å². The van der Waals surface area contributed by atoms with Crippen molar-refractivity contribution in [3.63, 3.8) is 0 Å². The Morgan fingerprint density at radius 1 is 1.16 bits per heavy atom. The fourth-order valence-corrected chi connectivity index (χ4v) is 5.64. The van der Waals surface area contributed by atoms with Gasteiger partial charge in [0.25, 0.3) is 0 Å². The van der Waals surface area contributed by atoms with Crippen molar-refractivity contribution in [1.82, 2.24) is 9.62 Å². The van der Waals surface area contributed by atoms with Gasteiger partial charge in [-0.3, -0.25) is 15.0 Å². The molecular formula is C26H30ClN5O3S2. The maximum Gasteiger partial charge on any atom is 0.233 e. The van der Waals surface area contributed by atoms with Crippen molar-refractivity contribution in [3.05, 3.63) is 70.1 Å². The van der Waals surface area contributed by atoms with Gasteiger partial charge in [0.05, 0.1) is 17.0 Å². The van der Waals surface area contributed by atoms with Gasteiger partial charge in [0.1, 0.15) is 12.3 Å². The molecule has 0 bridgehead atoms. The van der Waals surface area contributed by atoms with Gasteiger partial charge in [0.2, 0.25) is 11.8 Å². The summed E-state index contributed by atoms with van der Waals surface area (Å²) in [5.41, 5.74) is 8.39. The van der Waals surface area contributed by atoms with E-state index in [0.717, 1.165) is 27.4 Å². The molecule has 0 saturated carbocycles. The van der Waals surface area contributed by atoms with E-state index >= 15 is 0 Å². The smallest absolute Gasteiger partial charge is 0.233 e. The van der Waals surface area contributed by atoms with E-state index in [4.69, 9.17) is 22.7 Å². The number of aliphatic hydroxyl groups is 1. The molecule has 196 valence electrons. The number of anilines is 1. The second-order valence-corrected chi connectivity index (χ2v) is 11.1. The summed E-state index contributed by atoms with van der Waals surface area (Å²) < 4.78 is 2.76. The van der Waals surface area contributed by atoms with E-state index in [2.05, 4.69) is 14.9 Å². The Morgan fingerprint density at radius 2 is 1.89 bits per heavy atom. The van der Waals surface area contributed by atoms with Gasteiger partial charge in [-0.2, -0.15) is 0 Å². The second kappa shape index (κ2) is 13.6. The lowest BCUT2D eigenvalue weighted by Gasteiger charge is -2.21. The molecule has 2 aromatic carbocycles. The molecule has 11 heteroatoms. The predicted octanol–water partition coefficient (Wildman–Crippen LogP) is 4.88. The van der Waals surface area contributed by atoms with Crippen LogP contribution in [-0.4, -0.2) is 46.8 Å². The van der Waals surface area contributed by atoms with Crippen molar-refractivity contribution >= 4 is 58.2 Å².